The van der Waals surface area contributed by atoms with E-state index in [4.69, 9.17) is 0 Å². The van der Waals surface area contributed by atoms with Crippen molar-refractivity contribution in [3.05, 3.63) is 58.5 Å². The van der Waals surface area contributed by atoms with Crippen LogP contribution in [0.25, 0.3) is 0 Å². The summed E-state index contributed by atoms with van der Waals surface area (Å²) in [6.07, 6.45) is 2.27. The number of pyridine rings is 1. The van der Waals surface area contributed by atoms with Crippen molar-refractivity contribution >= 4 is 29.3 Å². The lowest BCUT2D eigenvalue weighted by atomic mass is 10.0. The molecule has 2 aromatic heterocycles. The SMILES string of the molecule is CCc1nc(Nc2ccc(C(=O)Nc3c(C)cc(C)cc3C)cn2)nc(N2CCN(C)CC2)n1. The summed E-state index contributed by atoms with van der Waals surface area (Å²) in [5, 5.41) is 6.18. The fraction of sp³-hybridized carbons (Fsp3) is 0.400. The predicted molar refractivity (Wildman–Crippen MR) is 135 cm³/mol. The van der Waals surface area contributed by atoms with Gasteiger partial charge >= 0.3 is 0 Å². The Morgan fingerprint density at radius 2 is 1.71 bits per heavy atom. The molecule has 0 unspecified atom stereocenters. The van der Waals surface area contributed by atoms with Crippen molar-refractivity contribution in [3.63, 3.8) is 0 Å². The van der Waals surface area contributed by atoms with E-state index in [9.17, 15) is 4.79 Å². The quantitative estimate of drug-likeness (QED) is 0.577. The van der Waals surface area contributed by atoms with Crippen LogP contribution in [0.4, 0.5) is 23.4 Å². The Morgan fingerprint density at radius 3 is 2.32 bits per heavy atom. The van der Waals surface area contributed by atoms with Crippen LogP contribution in [0.3, 0.4) is 0 Å². The molecule has 2 N–H and O–H groups in total. The van der Waals surface area contributed by atoms with Crippen molar-refractivity contribution in [3.8, 4) is 0 Å². The summed E-state index contributed by atoms with van der Waals surface area (Å²) in [5.74, 6) is 2.24. The van der Waals surface area contributed by atoms with Crippen molar-refractivity contribution in [2.45, 2.75) is 34.1 Å². The molecule has 0 saturated carbocycles. The monoisotopic (exact) mass is 460 g/mol. The molecule has 1 aliphatic heterocycles. The van der Waals surface area contributed by atoms with Crippen LogP contribution < -0.4 is 15.5 Å². The number of aryl methyl sites for hydroxylation is 4. The lowest BCUT2D eigenvalue weighted by Crippen LogP contribution is -2.45. The van der Waals surface area contributed by atoms with E-state index >= 15 is 0 Å². The first-order chi connectivity index (χ1) is 16.3. The molecule has 178 valence electrons. The fourth-order valence-electron chi connectivity index (χ4n) is 4.05. The average Bonchev–Trinajstić information content (AvgIpc) is 2.82. The van der Waals surface area contributed by atoms with Crippen molar-refractivity contribution in [2.24, 2.45) is 0 Å². The number of carbonyl (C=O) groups excluding carboxylic acids is 1. The first-order valence-electron chi connectivity index (χ1n) is 11.6. The summed E-state index contributed by atoms with van der Waals surface area (Å²) in [7, 11) is 2.12. The Labute approximate surface area is 200 Å². The Hall–Kier alpha value is -3.59. The van der Waals surface area contributed by atoms with E-state index in [1.165, 1.54) is 5.56 Å². The number of anilines is 4. The normalized spacial score (nSPS) is 14.2. The number of rotatable bonds is 6. The second kappa shape index (κ2) is 10.1. The zero-order valence-corrected chi connectivity index (χ0v) is 20.5. The Bertz CT molecular complexity index is 1150. The topological polar surface area (TPSA) is 99.2 Å². The summed E-state index contributed by atoms with van der Waals surface area (Å²) in [6, 6.07) is 7.62. The van der Waals surface area contributed by atoms with Crippen molar-refractivity contribution in [1.29, 1.82) is 0 Å². The Morgan fingerprint density at radius 1 is 1.00 bits per heavy atom. The molecular weight excluding hydrogens is 428 g/mol. The zero-order valence-electron chi connectivity index (χ0n) is 20.5. The lowest BCUT2D eigenvalue weighted by Gasteiger charge is -2.32. The molecule has 4 rings (SSSR count). The maximum Gasteiger partial charge on any atom is 0.257 e. The highest BCUT2D eigenvalue weighted by atomic mass is 16.1. The van der Waals surface area contributed by atoms with E-state index in [0.717, 1.165) is 48.8 Å². The Kier molecular flexibility index (Phi) is 7.02. The number of benzene rings is 1. The molecule has 34 heavy (non-hydrogen) atoms. The van der Waals surface area contributed by atoms with Gasteiger partial charge in [0.05, 0.1) is 5.56 Å². The lowest BCUT2D eigenvalue weighted by molar-refractivity contribution is 0.102. The van der Waals surface area contributed by atoms with Gasteiger partial charge in [-0.05, 0) is 51.1 Å². The molecule has 9 heteroatoms. The molecule has 0 spiro atoms. The number of piperazine rings is 1. The summed E-state index contributed by atoms with van der Waals surface area (Å²) in [5.41, 5.74) is 4.56. The van der Waals surface area contributed by atoms with Gasteiger partial charge in [0.25, 0.3) is 5.91 Å². The van der Waals surface area contributed by atoms with E-state index in [1.54, 1.807) is 18.3 Å². The molecule has 0 aliphatic carbocycles. The van der Waals surface area contributed by atoms with Crippen LogP contribution in [0.2, 0.25) is 0 Å². The summed E-state index contributed by atoms with van der Waals surface area (Å²) < 4.78 is 0. The van der Waals surface area contributed by atoms with Crippen molar-refractivity contribution < 1.29 is 4.79 Å². The number of nitrogens with one attached hydrogen (secondary N) is 2. The van der Waals surface area contributed by atoms with Gasteiger partial charge in [-0.2, -0.15) is 15.0 Å². The summed E-state index contributed by atoms with van der Waals surface area (Å²) in [6.45, 7) is 11.8. The number of carbonyl (C=O) groups is 1. The maximum absolute atomic E-state index is 12.8. The number of hydrogen-bond acceptors (Lipinski definition) is 8. The van der Waals surface area contributed by atoms with Crippen LogP contribution in [0.15, 0.2) is 30.5 Å². The minimum Gasteiger partial charge on any atom is -0.338 e. The molecule has 0 radical (unpaired) electrons. The number of nitrogens with zero attached hydrogens (tertiary/aromatic N) is 6. The molecule has 0 bridgehead atoms. The van der Waals surface area contributed by atoms with Crippen LogP contribution >= 0.6 is 0 Å². The molecule has 0 atom stereocenters. The van der Waals surface area contributed by atoms with Crippen LogP contribution in [0.5, 0.6) is 0 Å². The molecular formula is C25H32N8O. The smallest absolute Gasteiger partial charge is 0.257 e. The number of aromatic nitrogens is 4. The van der Waals surface area contributed by atoms with Crippen LogP contribution in [-0.2, 0) is 6.42 Å². The first-order valence-corrected chi connectivity index (χ1v) is 11.6. The van der Waals surface area contributed by atoms with Gasteiger partial charge in [0.1, 0.15) is 11.6 Å². The molecule has 1 aliphatic rings. The largest absolute Gasteiger partial charge is 0.338 e. The second-order valence-electron chi connectivity index (χ2n) is 8.80. The van der Waals surface area contributed by atoms with Crippen LogP contribution in [-0.4, -0.2) is 64.0 Å². The predicted octanol–water partition coefficient (Wildman–Crippen LogP) is 3.50. The molecule has 1 fully saturated rings. The van der Waals surface area contributed by atoms with E-state index < -0.39 is 0 Å². The second-order valence-corrected chi connectivity index (χ2v) is 8.80. The van der Waals surface area contributed by atoms with Gasteiger partial charge in [-0.15, -0.1) is 0 Å². The van der Waals surface area contributed by atoms with Gasteiger partial charge in [0.15, 0.2) is 0 Å². The van der Waals surface area contributed by atoms with Crippen LogP contribution in [0.1, 0.15) is 39.8 Å². The number of hydrogen-bond donors (Lipinski definition) is 2. The van der Waals surface area contributed by atoms with E-state index in [-0.39, 0.29) is 5.91 Å². The number of amides is 1. The molecule has 9 nitrogen and oxygen atoms in total. The third-order valence-corrected chi connectivity index (χ3v) is 5.95. The van der Waals surface area contributed by atoms with E-state index in [0.29, 0.717) is 29.7 Å². The molecule has 3 heterocycles. The van der Waals surface area contributed by atoms with E-state index in [2.05, 4.69) is 59.5 Å². The van der Waals surface area contributed by atoms with Gasteiger partial charge in [0.2, 0.25) is 11.9 Å². The minimum atomic E-state index is -0.195. The highest BCUT2D eigenvalue weighted by Crippen LogP contribution is 2.23. The van der Waals surface area contributed by atoms with Crippen LogP contribution in [0, 0.1) is 20.8 Å². The zero-order chi connectivity index (χ0) is 24.2. The maximum atomic E-state index is 12.8. The van der Waals surface area contributed by atoms with Crippen molar-refractivity contribution in [1.82, 2.24) is 24.8 Å². The van der Waals surface area contributed by atoms with Gasteiger partial charge < -0.3 is 20.4 Å². The third kappa shape index (κ3) is 5.48. The summed E-state index contributed by atoms with van der Waals surface area (Å²) >= 11 is 0. The van der Waals surface area contributed by atoms with Gasteiger partial charge in [-0.1, -0.05) is 24.6 Å². The summed E-state index contributed by atoms with van der Waals surface area (Å²) in [4.78, 5) is 35.4. The highest BCUT2D eigenvalue weighted by molar-refractivity contribution is 6.05. The minimum absolute atomic E-state index is 0.195. The average molecular weight is 461 g/mol. The van der Waals surface area contributed by atoms with Gasteiger partial charge in [0, 0.05) is 44.5 Å². The highest BCUT2D eigenvalue weighted by Gasteiger charge is 2.18. The molecule has 3 aromatic rings. The fourth-order valence-corrected chi connectivity index (χ4v) is 4.05. The van der Waals surface area contributed by atoms with Crippen molar-refractivity contribution in [2.75, 3.05) is 48.8 Å². The molecule has 1 amide bonds. The molecule has 1 saturated heterocycles. The standard InChI is InChI=1S/C25H32N8O/c1-6-20-27-24(31-25(29-20)33-11-9-32(5)10-12-33)28-21-8-7-19(15-26-21)23(34)30-22-17(3)13-16(2)14-18(22)4/h7-8,13-15H,6,9-12H2,1-5H3,(H,30,34)(H,26,27,28,29,31). The molecule has 1 aromatic carbocycles. The Balaban J connectivity index is 1.47. The van der Waals surface area contributed by atoms with E-state index in [1.807, 2.05) is 27.7 Å². The first kappa shape index (κ1) is 23.6. The van der Waals surface area contributed by atoms with Gasteiger partial charge in [-0.25, -0.2) is 4.98 Å². The third-order valence-electron chi connectivity index (χ3n) is 5.95. The van der Waals surface area contributed by atoms with Gasteiger partial charge in [-0.3, -0.25) is 4.79 Å². The number of likely N-dealkylation sites (N-methyl/N-ethyl adjacent to an activating group) is 1.